The number of benzene rings is 3. The van der Waals surface area contributed by atoms with Crippen LogP contribution in [0.2, 0.25) is 5.02 Å². The van der Waals surface area contributed by atoms with E-state index in [1.54, 1.807) is 19.1 Å². The molecule has 24 heavy (non-hydrogen) atoms. The first-order valence-electron chi connectivity index (χ1n) is 7.43. The van der Waals surface area contributed by atoms with Crippen LogP contribution < -0.4 is 0 Å². The van der Waals surface area contributed by atoms with Crippen LogP contribution >= 0.6 is 11.6 Å². The fraction of sp³-hybridized carbons (Fsp3) is 0.100. The summed E-state index contributed by atoms with van der Waals surface area (Å²) < 4.78 is 4.72. The van der Waals surface area contributed by atoms with Crippen LogP contribution in [0.5, 0.6) is 0 Å². The second-order valence-corrected chi connectivity index (χ2v) is 5.89. The number of ether oxygens (including phenoxy) is 1. The van der Waals surface area contributed by atoms with E-state index in [1.807, 2.05) is 42.5 Å². The molecule has 0 heterocycles. The lowest BCUT2D eigenvalue weighted by Crippen LogP contribution is -2.02. The predicted octanol–water partition coefficient (Wildman–Crippen LogP) is 5.15. The van der Waals surface area contributed by atoms with Crippen LogP contribution in [-0.2, 0) is 4.74 Å². The van der Waals surface area contributed by atoms with E-state index in [4.69, 9.17) is 16.3 Å². The molecule has 0 atom stereocenters. The third-order valence-electron chi connectivity index (χ3n) is 3.95. The molecule has 0 bridgehead atoms. The largest absolute Gasteiger partial charge is 0.465 e. The van der Waals surface area contributed by atoms with Crippen molar-refractivity contribution in [3.63, 3.8) is 0 Å². The molecule has 0 spiro atoms. The van der Waals surface area contributed by atoms with Crippen molar-refractivity contribution >= 4 is 34.1 Å². The van der Waals surface area contributed by atoms with Gasteiger partial charge in [-0.1, -0.05) is 41.9 Å². The Morgan fingerprint density at radius 3 is 2.42 bits per heavy atom. The number of rotatable bonds is 3. The maximum atomic E-state index is 11.8. The standard InChI is InChI=1S/C20H15ClO3/c1-12(22)15-9-13-5-3-4-6-16(13)18(10-15)14-7-8-17(19(21)11-14)20(23)24-2/h3-11H,1-2H3. The topological polar surface area (TPSA) is 43.4 Å². The molecule has 0 fully saturated rings. The van der Waals surface area contributed by atoms with Crippen molar-refractivity contribution in [3.05, 3.63) is 70.7 Å². The molecule has 0 aliphatic carbocycles. The van der Waals surface area contributed by atoms with Gasteiger partial charge in [0.25, 0.3) is 0 Å². The second-order valence-electron chi connectivity index (χ2n) is 5.49. The summed E-state index contributed by atoms with van der Waals surface area (Å²) in [4.78, 5) is 23.5. The third-order valence-corrected chi connectivity index (χ3v) is 4.27. The Morgan fingerprint density at radius 1 is 1.00 bits per heavy atom. The number of halogens is 1. The molecule has 3 aromatic rings. The van der Waals surface area contributed by atoms with Gasteiger partial charge in [-0.05, 0) is 53.1 Å². The van der Waals surface area contributed by atoms with Gasteiger partial charge < -0.3 is 4.74 Å². The zero-order chi connectivity index (χ0) is 17.3. The molecule has 0 aromatic heterocycles. The summed E-state index contributed by atoms with van der Waals surface area (Å²) in [6.07, 6.45) is 0. The molecule has 0 unspecified atom stereocenters. The Hall–Kier alpha value is -2.65. The molecule has 0 N–H and O–H groups in total. The lowest BCUT2D eigenvalue weighted by atomic mass is 9.94. The first-order valence-corrected chi connectivity index (χ1v) is 7.81. The molecule has 120 valence electrons. The Morgan fingerprint density at radius 2 is 1.75 bits per heavy atom. The maximum Gasteiger partial charge on any atom is 0.339 e. The Balaban J connectivity index is 2.23. The van der Waals surface area contributed by atoms with Crippen molar-refractivity contribution in [2.45, 2.75) is 6.92 Å². The first-order chi connectivity index (χ1) is 11.5. The van der Waals surface area contributed by atoms with Crippen molar-refractivity contribution in [2.75, 3.05) is 7.11 Å². The zero-order valence-corrected chi connectivity index (χ0v) is 14.1. The highest BCUT2D eigenvalue weighted by molar-refractivity contribution is 6.34. The SMILES string of the molecule is COC(=O)c1ccc(-c2cc(C(C)=O)cc3ccccc23)cc1Cl. The van der Waals surface area contributed by atoms with E-state index in [0.29, 0.717) is 16.1 Å². The summed E-state index contributed by atoms with van der Waals surface area (Å²) in [5, 5.41) is 2.31. The minimum absolute atomic E-state index is 0.000666. The van der Waals surface area contributed by atoms with E-state index < -0.39 is 5.97 Å². The number of methoxy groups -OCH3 is 1. The van der Waals surface area contributed by atoms with Crippen LogP contribution in [0.15, 0.2) is 54.6 Å². The maximum absolute atomic E-state index is 11.8. The van der Waals surface area contributed by atoms with Gasteiger partial charge in [0.15, 0.2) is 5.78 Å². The number of Topliss-reactive ketones (excluding diaryl/α,β-unsaturated/α-hetero) is 1. The van der Waals surface area contributed by atoms with Gasteiger partial charge in [0.1, 0.15) is 0 Å². The lowest BCUT2D eigenvalue weighted by molar-refractivity contribution is 0.0601. The average Bonchev–Trinajstić information content (AvgIpc) is 2.59. The Labute approximate surface area is 144 Å². The van der Waals surface area contributed by atoms with Gasteiger partial charge in [0.2, 0.25) is 0 Å². The molecule has 0 radical (unpaired) electrons. The van der Waals surface area contributed by atoms with Crippen molar-refractivity contribution in [1.82, 2.24) is 0 Å². The third kappa shape index (κ3) is 2.91. The Kier molecular flexibility index (Phi) is 4.36. The fourth-order valence-electron chi connectivity index (χ4n) is 2.71. The number of esters is 1. The van der Waals surface area contributed by atoms with E-state index in [-0.39, 0.29) is 5.78 Å². The highest BCUT2D eigenvalue weighted by Gasteiger charge is 2.14. The highest BCUT2D eigenvalue weighted by atomic mass is 35.5. The normalized spacial score (nSPS) is 10.6. The highest BCUT2D eigenvalue weighted by Crippen LogP contribution is 2.33. The summed E-state index contributed by atoms with van der Waals surface area (Å²) in [5.41, 5.74) is 2.69. The summed E-state index contributed by atoms with van der Waals surface area (Å²) in [6.45, 7) is 1.54. The fourth-order valence-corrected chi connectivity index (χ4v) is 2.97. The molecule has 0 aliphatic heterocycles. The summed E-state index contributed by atoms with van der Waals surface area (Å²) >= 11 is 6.24. The minimum atomic E-state index is -0.478. The Bertz CT molecular complexity index is 960. The monoisotopic (exact) mass is 338 g/mol. The quantitative estimate of drug-likeness (QED) is 0.490. The van der Waals surface area contributed by atoms with Crippen molar-refractivity contribution in [3.8, 4) is 11.1 Å². The zero-order valence-electron chi connectivity index (χ0n) is 13.3. The molecule has 3 aromatic carbocycles. The van der Waals surface area contributed by atoms with Gasteiger partial charge in [0, 0.05) is 5.56 Å². The van der Waals surface area contributed by atoms with Crippen LogP contribution in [0.3, 0.4) is 0 Å². The number of hydrogen-bond acceptors (Lipinski definition) is 3. The van der Waals surface area contributed by atoms with Crippen LogP contribution in [0.4, 0.5) is 0 Å². The summed E-state index contributed by atoms with van der Waals surface area (Å²) in [7, 11) is 1.32. The molecular weight excluding hydrogens is 324 g/mol. The predicted molar refractivity (Wildman–Crippen MR) is 95.7 cm³/mol. The molecule has 3 rings (SSSR count). The number of carbonyl (C=O) groups excluding carboxylic acids is 2. The summed E-state index contributed by atoms with van der Waals surface area (Å²) in [5.74, 6) is -0.479. The van der Waals surface area contributed by atoms with Gasteiger partial charge in [-0.3, -0.25) is 4.79 Å². The minimum Gasteiger partial charge on any atom is -0.465 e. The van der Waals surface area contributed by atoms with E-state index in [9.17, 15) is 9.59 Å². The van der Waals surface area contributed by atoms with Crippen LogP contribution in [-0.4, -0.2) is 18.9 Å². The van der Waals surface area contributed by atoms with Gasteiger partial charge in [0.05, 0.1) is 17.7 Å². The van der Waals surface area contributed by atoms with E-state index >= 15 is 0 Å². The molecule has 0 saturated heterocycles. The molecule has 0 amide bonds. The number of hydrogen-bond donors (Lipinski definition) is 0. The molecule has 0 saturated carbocycles. The molecule has 3 nitrogen and oxygen atoms in total. The molecule has 0 aliphatic rings. The number of fused-ring (bicyclic) bond motifs is 1. The van der Waals surface area contributed by atoms with Crippen LogP contribution in [0.1, 0.15) is 27.6 Å². The lowest BCUT2D eigenvalue weighted by Gasteiger charge is -2.11. The second kappa shape index (κ2) is 6.46. The molecule has 4 heteroatoms. The van der Waals surface area contributed by atoms with Crippen molar-refractivity contribution < 1.29 is 14.3 Å². The van der Waals surface area contributed by atoms with Gasteiger partial charge in [-0.25, -0.2) is 4.79 Å². The van der Waals surface area contributed by atoms with Crippen LogP contribution in [0, 0.1) is 0 Å². The van der Waals surface area contributed by atoms with Crippen molar-refractivity contribution in [2.24, 2.45) is 0 Å². The van der Waals surface area contributed by atoms with Crippen LogP contribution in [0.25, 0.3) is 21.9 Å². The van der Waals surface area contributed by atoms with E-state index in [1.165, 1.54) is 7.11 Å². The van der Waals surface area contributed by atoms with Crippen molar-refractivity contribution in [1.29, 1.82) is 0 Å². The average molecular weight is 339 g/mol. The van der Waals surface area contributed by atoms with Gasteiger partial charge in [-0.2, -0.15) is 0 Å². The van der Waals surface area contributed by atoms with E-state index in [0.717, 1.165) is 21.9 Å². The summed E-state index contributed by atoms with van der Waals surface area (Å²) in [6, 6.07) is 16.8. The molecular formula is C20H15ClO3. The number of carbonyl (C=O) groups is 2. The number of ketones is 1. The van der Waals surface area contributed by atoms with E-state index in [2.05, 4.69) is 0 Å². The first kappa shape index (κ1) is 16.2. The van der Waals surface area contributed by atoms with Gasteiger partial charge in [-0.15, -0.1) is 0 Å². The van der Waals surface area contributed by atoms with Gasteiger partial charge >= 0.3 is 5.97 Å². The smallest absolute Gasteiger partial charge is 0.339 e.